The molecule has 1 N–H and O–H groups in total. The maximum Gasteiger partial charge on any atom is 0.0208 e. The number of fused-ring (bicyclic) bond motifs is 1. The number of thioether (sulfide) groups is 1. The van der Waals surface area contributed by atoms with Crippen LogP contribution in [0.5, 0.6) is 0 Å². The van der Waals surface area contributed by atoms with Gasteiger partial charge in [0.05, 0.1) is 0 Å². The highest BCUT2D eigenvalue weighted by Crippen LogP contribution is 2.37. The van der Waals surface area contributed by atoms with Gasteiger partial charge in [0.2, 0.25) is 0 Å². The molecule has 2 unspecified atom stereocenters. The zero-order valence-corrected chi connectivity index (χ0v) is 7.12. The Labute approximate surface area is 67.0 Å². The molecule has 0 aromatic carbocycles. The molecule has 0 saturated carbocycles. The topological polar surface area (TPSA) is 12.0 Å². The molecule has 58 valence electrons. The summed E-state index contributed by atoms with van der Waals surface area (Å²) in [5.74, 6) is 2.50. The van der Waals surface area contributed by atoms with Crippen molar-refractivity contribution in [3.05, 3.63) is 0 Å². The first-order valence-electron chi connectivity index (χ1n) is 4.29. The van der Waals surface area contributed by atoms with E-state index in [1.807, 2.05) is 0 Å². The molecular formula is C8H15NS. The Bertz CT molecular complexity index is 102. The molecule has 2 atom stereocenters. The zero-order valence-electron chi connectivity index (χ0n) is 6.31. The second kappa shape index (κ2) is 3.14. The van der Waals surface area contributed by atoms with Crippen LogP contribution < -0.4 is 5.32 Å². The van der Waals surface area contributed by atoms with E-state index >= 15 is 0 Å². The first-order chi connectivity index (χ1) is 4.97. The fraction of sp³-hybridized carbons (Fsp3) is 1.00. The van der Waals surface area contributed by atoms with Crippen molar-refractivity contribution >= 4 is 11.8 Å². The number of rotatable bonds is 0. The predicted octanol–water partition coefficient (Wildman–Crippen LogP) is 1.49. The van der Waals surface area contributed by atoms with Crippen molar-refractivity contribution in [2.24, 2.45) is 5.92 Å². The average Bonchev–Trinajstić information content (AvgIpc) is 1.89. The minimum atomic E-state index is 0.972. The van der Waals surface area contributed by atoms with Crippen LogP contribution in [0.15, 0.2) is 0 Å². The second-order valence-electron chi connectivity index (χ2n) is 3.33. The molecule has 0 aliphatic carbocycles. The van der Waals surface area contributed by atoms with Crippen LogP contribution in [0.25, 0.3) is 0 Å². The Morgan fingerprint density at radius 3 is 3.10 bits per heavy atom. The summed E-state index contributed by atoms with van der Waals surface area (Å²) in [5, 5.41) is 4.47. The van der Waals surface area contributed by atoms with Gasteiger partial charge in [-0.2, -0.15) is 11.8 Å². The van der Waals surface area contributed by atoms with E-state index in [0.29, 0.717) is 0 Å². The molecule has 10 heavy (non-hydrogen) atoms. The van der Waals surface area contributed by atoms with E-state index in [0.717, 1.165) is 11.2 Å². The van der Waals surface area contributed by atoms with Crippen molar-refractivity contribution in [2.75, 3.05) is 18.8 Å². The fourth-order valence-electron chi connectivity index (χ4n) is 1.76. The third kappa shape index (κ3) is 1.32. The highest BCUT2D eigenvalue weighted by Gasteiger charge is 2.31. The lowest BCUT2D eigenvalue weighted by molar-refractivity contribution is 0.409. The maximum absolute atomic E-state index is 3.50. The van der Waals surface area contributed by atoms with E-state index in [-0.39, 0.29) is 0 Å². The van der Waals surface area contributed by atoms with E-state index < -0.39 is 0 Å². The van der Waals surface area contributed by atoms with Crippen molar-refractivity contribution < 1.29 is 0 Å². The average molecular weight is 157 g/mol. The summed E-state index contributed by atoms with van der Waals surface area (Å²) in [6.07, 6.45) is 4.35. The summed E-state index contributed by atoms with van der Waals surface area (Å²) in [7, 11) is 0. The van der Waals surface area contributed by atoms with Crippen molar-refractivity contribution in [1.29, 1.82) is 0 Å². The molecule has 0 bridgehead atoms. The van der Waals surface area contributed by atoms with Crippen LogP contribution in [0, 0.1) is 5.92 Å². The molecule has 1 nitrogen and oxygen atoms in total. The zero-order chi connectivity index (χ0) is 6.81. The first-order valence-corrected chi connectivity index (χ1v) is 5.34. The summed E-state index contributed by atoms with van der Waals surface area (Å²) in [4.78, 5) is 0. The quantitative estimate of drug-likeness (QED) is 0.572. The van der Waals surface area contributed by atoms with E-state index in [1.165, 1.54) is 38.1 Å². The summed E-state index contributed by atoms with van der Waals surface area (Å²) < 4.78 is 0. The summed E-state index contributed by atoms with van der Waals surface area (Å²) in [6, 6.07) is 0. The molecule has 2 aliphatic rings. The number of hydrogen-bond donors (Lipinski definition) is 1. The first kappa shape index (κ1) is 6.99. The molecule has 0 amide bonds. The van der Waals surface area contributed by atoms with Gasteiger partial charge in [-0.1, -0.05) is 6.42 Å². The Morgan fingerprint density at radius 2 is 2.30 bits per heavy atom. The van der Waals surface area contributed by atoms with E-state index in [4.69, 9.17) is 0 Å². The smallest absolute Gasteiger partial charge is 0.0208 e. The second-order valence-corrected chi connectivity index (χ2v) is 4.60. The van der Waals surface area contributed by atoms with Crippen LogP contribution in [-0.2, 0) is 0 Å². The van der Waals surface area contributed by atoms with Crippen LogP contribution in [0.2, 0.25) is 0 Å². The fourth-order valence-corrected chi connectivity index (χ4v) is 3.04. The monoisotopic (exact) mass is 157 g/mol. The summed E-state index contributed by atoms with van der Waals surface area (Å²) in [5.41, 5.74) is 0. The minimum Gasteiger partial charge on any atom is -0.316 e. The van der Waals surface area contributed by atoms with Gasteiger partial charge in [0, 0.05) is 11.8 Å². The van der Waals surface area contributed by atoms with Crippen LogP contribution in [0.4, 0.5) is 0 Å². The normalized spacial score (nSPS) is 40.8. The highest BCUT2D eigenvalue weighted by atomic mass is 32.2. The molecular weight excluding hydrogens is 142 g/mol. The maximum atomic E-state index is 3.50. The molecule has 2 aliphatic heterocycles. The van der Waals surface area contributed by atoms with Gasteiger partial charge in [-0.25, -0.2) is 0 Å². The van der Waals surface area contributed by atoms with E-state index in [9.17, 15) is 0 Å². The van der Waals surface area contributed by atoms with Gasteiger partial charge in [0.15, 0.2) is 0 Å². The van der Waals surface area contributed by atoms with Crippen LogP contribution in [-0.4, -0.2) is 24.1 Å². The van der Waals surface area contributed by atoms with Crippen LogP contribution >= 0.6 is 11.8 Å². The van der Waals surface area contributed by atoms with Crippen LogP contribution in [0.3, 0.4) is 0 Å². The SMILES string of the molecule is C1CCC2CSC2CNC1. The van der Waals surface area contributed by atoms with Gasteiger partial charge in [0.25, 0.3) is 0 Å². The Hall–Kier alpha value is 0.310. The van der Waals surface area contributed by atoms with Gasteiger partial charge in [-0.15, -0.1) is 0 Å². The molecule has 0 aromatic rings. The predicted molar refractivity (Wildman–Crippen MR) is 46.5 cm³/mol. The Kier molecular flexibility index (Phi) is 2.19. The summed E-state index contributed by atoms with van der Waals surface area (Å²) in [6.45, 7) is 2.53. The lowest BCUT2D eigenvalue weighted by atomic mass is 9.97. The molecule has 0 radical (unpaired) electrons. The van der Waals surface area contributed by atoms with Gasteiger partial charge in [-0.3, -0.25) is 0 Å². The molecule has 2 heterocycles. The molecule has 0 aromatic heterocycles. The molecule has 0 spiro atoms. The van der Waals surface area contributed by atoms with Crippen molar-refractivity contribution in [3.8, 4) is 0 Å². The van der Waals surface area contributed by atoms with Crippen molar-refractivity contribution in [3.63, 3.8) is 0 Å². The number of nitrogens with one attached hydrogen (secondary N) is 1. The lowest BCUT2D eigenvalue weighted by Crippen LogP contribution is -2.41. The highest BCUT2D eigenvalue weighted by molar-refractivity contribution is 8.01. The van der Waals surface area contributed by atoms with Gasteiger partial charge >= 0.3 is 0 Å². The van der Waals surface area contributed by atoms with Gasteiger partial charge in [-0.05, 0) is 31.1 Å². The third-order valence-electron chi connectivity index (χ3n) is 2.57. The lowest BCUT2D eigenvalue weighted by Gasteiger charge is -2.37. The molecule has 2 fully saturated rings. The molecule has 2 heteroatoms. The van der Waals surface area contributed by atoms with Crippen molar-refractivity contribution in [1.82, 2.24) is 5.32 Å². The van der Waals surface area contributed by atoms with Crippen LogP contribution in [0.1, 0.15) is 19.3 Å². The van der Waals surface area contributed by atoms with Gasteiger partial charge < -0.3 is 5.32 Å². The third-order valence-corrected chi connectivity index (χ3v) is 4.17. The van der Waals surface area contributed by atoms with E-state index in [2.05, 4.69) is 17.1 Å². The Balaban J connectivity index is 1.83. The molecule has 2 saturated heterocycles. The standard InChI is InChI=1S/C8H15NS/c1-2-4-9-5-8-7(3-1)6-10-8/h7-9H,1-6H2. The largest absolute Gasteiger partial charge is 0.316 e. The van der Waals surface area contributed by atoms with Crippen molar-refractivity contribution in [2.45, 2.75) is 24.5 Å². The van der Waals surface area contributed by atoms with Gasteiger partial charge in [0.1, 0.15) is 0 Å². The summed E-state index contributed by atoms with van der Waals surface area (Å²) >= 11 is 2.15. The Morgan fingerprint density at radius 1 is 1.30 bits per heavy atom. The minimum absolute atomic E-state index is 0.972. The molecule has 2 rings (SSSR count). The number of hydrogen-bond acceptors (Lipinski definition) is 2. The van der Waals surface area contributed by atoms with E-state index in [1.54, 1.807) is 0 Å².